The SMILES string of the molecule is CCCCCCN1C(=O)/C(=C\c2c(Oc3cc(C)cc(C)c3)nc3ccccn3c2=O)SC1=S. The molecule has 0 N–H and O–H groups in total. The van der Waals surface area contributed by atoms with Gasteiger partial charge in [0.05, 0.1) is 4.91 Å². The maximum absolute atomic E-state index is 13.4. The summed E-state index contributed by atoms with van der Waals surface area (Å²) in [7, 11) is 0. The number of thioether (sulfide) groups is 1. The molecule has 1 aliphatic rings. The number of nitrogens with zero attached hydrogens (tertiary/aromatic N) is 3. The van der Waals surface area contributed by atoms with Gasteiger partial charge < -0.3 is 4.74 Å². The number of hydrogen-bond donors (Lipinski definition) is 0. The van der Waals surface area contributed by atoms with Gasteiger partial charge in [-0.25, -0.2) is 0 Å². The van der Waals surface area contributed by atoms with Crippen LogP contribution >= 0.6 is 24.0 Å². The van der Waals surface area contributed by atoms with Crippen LogP contribution in [0.15, 0.2) is 52.3 Å². The average Bonchev–Trinajstić information content (AvgIpc) is 3.06. The Hall–Kier alpha value is -2.97. The molecule has 1 saturated heterocycles. The highest BCUT2D eigenvalue weighted by Gasteiger charge is 2.32. The van der Waals surface area contributed by atoms with Gasteiger partial charge in [-0.05, 0) is 61.7 Å². The van der Waals surface area contributed by atoms with Gasteiger partial charge in [0.1, 0.15) is 21.3 Å². The van der Waals surface area contributed by atoms with Gasteiger partial charge in [-0.1, -0.05) is 62.3 Å². The van der Waals surface area contributed by atoms with Crippen molar-refractivity contribution in [1.82, 2.24) is 14.3 Å². The lowest BCUT2D eigenvalue weighted by Crippen LogP contribution is -2.29. The maximum Gasteiger partial charge on any atom is 0.269 e. The van der Waals surface area contributed by atoms with E-state index in [9.17, 15) is 9.59 Å². The van der Waals surface area contributed by atoms with Gasteiger partial charge in [0.25, 0.3) is 11.5 Å². The second-order valence-electron chi connectivity index (χ2n) is 8.38. The van der Waals surface area contributed by atoms with E-state index in [4.69, 9.17) is 17.0 Å². The predicted octanol–water partition coefficient (Wildman–Crippen LogP) is 5.89. The van der Waals surface area contributed by atoms with Gasteiger partial charge in [-0.2, -0.15) is 4.98 Å². The van der Waals surface area contributed by atoms with Crippen molar-refractivity contribution in [2.24, 2.45) is 0 Å². The highest BCUT2D eigenvalue weighted by Crippen LogP contribution is 2.34. The Morgan fingerprint density at radius 1 is 1.09 bits per heavy atom. The van der Waals surface area contributed by atoms with E-state index >= 15 is 0 Å². The first kappa shape index (κ1) is 24.2. The van der Waals surface area contributed by atoms with Crippen molar-refractivity contribution < 1.29 is 9.53 Å². The molecule has 0 unspecified atom stereocenters. The minimum absolute atomic E-state index is 0.161. The van der Waals surface area contributed by atoms with Crippen LogP contribution in [0.3, 0.4) is 0 Å². The lowest BCUT2D eigenvalue weighted by atomic mass is 10.1. The van der Waals surface area contributed by atoms with E-state index in [1.807, 2.05) is 38.1 Å². The summed E-state index contributed by atoms with van der Waals surface area (Å²) >= 11 is 6.67. The van der Waals surface area contributed by atoms with E-state index < -0.39 is 0 Å². The zero-order chi connectivity index (χ0) is 24.2. The molecule has 0 atom stereocenters. The molecule has 0 bridgehead atoms. The number of hydrogen-bond acceptors (Lipinski definition) is 6. The number of carbonyl (C=O) groups excluding carboxylic acids is 1. The first-order chi connectivity index (χ1) is 16.4. The summed E-state index contributed by atoms with van der Waals surface area (Å²) in [5, 5.41) is 0. The lowest BCUT2D eigenvalue weighted by Gasteiger charge is -2.14. The van der Waals surface area contributed by atoms with Crippen LogP contribution in [0.4, 0.5) is 0 Å². The quantitative estimate of drug-likeness (QED) is 0.222. The van der Waals surface area contributed by atoms with E-state index in [0.29, 0.717) is 27.2 Å². The van der Waals surface area contributed by atoms with E-state index in [-0.39, 0.29) is 22.9 Å². The van der Waals surface area contributed by atoms with E-state index in [2.05, 4.69) is 11.9 Å². The fraction of sp³-hybridized carbons (Fsp3) is 0.308. The Morgan fingerprint density at radius 2 is 1.85 bits per heavy atom. The van der Waals surface area contributed by atoms with Crippen LogP contribution < -0.4 is 10.3 Å². The molecule has 1 aliphatic heterocycles. The molecule has 4 rings (SSSR count). The molecule has 0 aliphatic carbocycles. The van der Waals surface area contributed by atoms with Crippen LogP contribution in [0.2, 0.25) is 0 Å². The standard InChI is InChI=1S/C26H27N3O3S2/c1-4-5-6-8-12-29-25(31)21(34-26(29)33)16-20-23(32-19-14-17(2)13-18(3)15-19)27-22-10-7-9-11-28(22)24(20)30/h7,9-11,13-16H,4-6,8,12H2,1-3H3/b21-16+. The molecule has 3 heterocycles. The molecule has 0 radical (unpaired) electrons. The van der Waals surface area contributed by atoms with E-state index in [1.165, 1.54) is 16.2 Å². The number of unbranched alkanes of at least 4 members (excludes halogenated alkanes) is 3. The summed E-state index contributed by atoms with van der Waals surface area (Å²) in [6, 6.07) is 11.1. The third-order valence-corrected chi connectivity index (χ3v) is 6.91. The van der Waals surface area contributed by atoms with Crippen molar-refractivity contribution in [3.8, 4) is 11.6 Å². The highest BCUT2D eigenvalue weighted by atomic mass is 32.2. The largest absolute Gasteiger partial charge is 0.438 e. The molecule has 0 spiro atoms. The summed E-state index contributed by atoms with van der Waals surface area (Å²) in [6.07, 6.45) is 7.43. The first-order valence-corrected chi connectivity index (χ1v) is 12.6. The van der Waals surface area contributed by atoms with E-state index in [0.717, 1.165) is 36.8 Å². The number of fused-ring (bicyclic) bond motifs is 1. The normalized spacial score (nSPS) is 15.0. The van der Waals surface area contributed by atoms with Gasteiger partial charge in [-0.15, -0.1) is 0 Å². The van der Waals surface area contributed by atoms with Gasteiger partial charge in [-0.3, -0.25) is 18.9 Å². The summed E-state index contributed by atoms with van der Waals surface area (Å²) < 4.78 is 8.08. The number of pyridine rings is 1. The number of rotatable bonds is 8. The van der Waals surface area contributed by atoms with Crippen LogP contribution in [0.1, 0.15) is 49.3 Å². The van der Waals surface area contributed by atoms with Crippen molar-refractivity contribution in [3.05, 3.63) is 74.5 Å². The van der Waals surface area contributed by atoms with Crippen LogP contribution in [-0.2, 0) is 4.79 Å². The van der Waals surface area contributed by atoms with Gasteiger partial charge in [0.2, 0.25) is 5.88 Å². The average molecular weight is 494 g/mol. The molecule has 8 heteroatoms. The van der Waals surface area contributed by atoms with Crippen LogP contribution in [-0.4, -0.2) is 31.1 Å². The van der Waals surface area contributed by atoms with Gasteiger partial charge in [0, 0.05) is 12.7 Å². The zero-order valence-corrected chi connectivity index (χ0v) is 21.2. The Kier molecular flexibility index (Phi) is 7.48. The van der Waals surface area contributed by atoms with Crippen LogP contribution in [0, 0.1) is 13.8 Å². The second-order valence-corrected chi connectivity index (χ2v) is 10.1. The molecule has 176 valence electrons. The maximum atomic E-state index is 13.4. The Balaban J connectivity index is 1.74. The van der Waals surface area contributed by atoms with Crippen molar-refractivity contribution in [1.29, 1.82) is 0 Å². The van der Waals surface area contributed by atoms with Crippen molar-refractivity contribution in [2.45, 2.75) is 46.5 Å². The molecule has 1 aromatic carbocycles. The molecule has 34 heavy (non-hydrogen) atoms. The molecule has 6 nitrogen and oxygen atoms in total. The number of carbonyl (C=O) groups is 1. The predicted molar refractivity (Wildman–Crippen MR) is 141 cm³/mol. The Bertz CT molecular complexity index is 1330. The summed E-state index contributed by atoms with van der Waals surface area (Å²) in [4.78, 5) is 33.1. The van der Waals surface area contributed by atoms with Gasteiger partial charge in [0.15, 0.2) is 0 Å². The number of thiocarbonyl (C=S) groups is 1. The van der Waals surface area contributed by atoms with Crippen molar-refractivity contribution in [2.75, 3.05) is 6.54 Å². The fourth-order valence-corrected chi connectivity index (χ4v) is 5.20. The number of amides is 1. The Labute approximate surface area is 208 Å². The third-order valence-electron chi connectivity index (χ3n) is 5.53. The molecule has 0 saturated carbocycles. The number of benzene rings is 1. The molecule has 1 amide bonds. The number of ether oxygens (including phenoxy) is 1. The van der Waals surface area contributed by atoms with Crippen LogP contribution in [0.5, 0.6) is 11.6 Å². The minimum atomic E-state index is -0.307. The van der Waals surface area contributed by atoms with Gasteiger partial charge >= 0.3 is 0 Å². The van der Waals surface area contributed by atoms with Crippen LogP contribution in [0.25, 0.3) is 11.7 Å². The molecular weight excluding hydrogens is 466 g/mol. The summed E-state index contributed by atoms with van der Waals surface area (Å²) in [6.45, 7) is 6.70. The monoisotopic (exact) mass is 493 g/mol. The lowest BCUT2D eigenvalue weighted by molar-refractivity contribution is -0.122. The molecule has 1 fully saturated rings. The van der Waals surface area contributed by atoms with Crippen molar-refractivity contribution >= 4 is 45.9 Å². The molecule has 2 aromatic heterocycles. The first-order valence-electron chi connectivity index (χ1n) is 11.4. The molecular formula is C26H27N3O3S2. The smallest absolute Gasteiger partial charge is 0.269 e. The number of aromatic nitrogens is 2. The number of aryl methyl sites for hydroxylation is 2. The Morgan fingerprint density at radius 3 is 2.59 bits per heavy atom. The van der Waals surface area contributed by atoms with Crippen molar-refractivity contribution in [3.63, 3.8) is 0 Å². The summed E-state index contributed by atoms with van der Waals surface area (Å²) in [5.74, 6) is 0.568. The summed E-state index contributed by atoms with van der Waals surface area (Å²) in [5.41, 5.74) is 2.45. The fourth-order valence-electron chi connectivity index (χ4n) is 3.91. The molecule has 3 aromatic rings. The third kappa shape index (κ3) is 5.23. The zero-order valence-electron chi connectivity index (χ0n) is 19.5. The van der Waals surface area contributed by atoms with E-state index in [1.54, 1.807) is 29.3 Å². The topological polar surface area (TPSA) is 63.9 Å². The second kappa shape index (κ2) is 10.5. The highest BCUT2D eigenvalue weighted by molar-refractivity contribution is 8.26. The minimum Gasteiger partial charge on any atom is -0.438 e.